The van der Waals surface area contributed by atoms with Gasteiger partial charge in [0.25, 0.3) is 17.4 Å². The van der Waals surface area contributed by atoms with Gasteiger partial charge >= 0.3 is 0 Å². The summed E-state index contributed by atoms with van der Waals surface area (Å²) in [6.45, 7) is 1.87. The predicted octanol–water partition coefficient (Wildman–Crippen LogP) is 2.57. The summed E-state index contributed by atoms with van der Waals surface area (Å²) in [6.07, 6.45) is 1.65. The van der Waals surface area contributed by atoms with Crippen molar-refractivity contribution in [2.45, 2.75) is 6.92 Å². The van der Waals surface area contributed by atoms with Crippen LogP contribution >= 0.6 is 11.3 Å². The van der Waals surface area contributed by atoms with Gasteiger partial charge in [-0.15, -0.1) is 11.3 Å². The second-order valence-electron chi connectivity index (χ2n) is 6.00. The minimum Gasteiger partial charge on any atom is -0.366 e. The number of amides is 2. The number of nitrogens with one attached hydrogen (secondary N) is 1. The molecule has 0 aliphatic heterocycles. The maximum Gasteiger partial charge on any atom is 0.266 e. The van der Waals surface area contributed by atoms with Gasteiger partial charge in [-0.05, 0) is 36.8 Å². The monoisotopic (exact) mass is 378 g/mol. The highest BCUT2D eigenvalue weighted by Gasteiger charge is 2.17. The SMILES string of the molecule is Cc1cccn2c(=O)c3cc(C(=O)Nc4ccccc4C(N)=O)sc3nc12. The summed E-state index contributed by atoms with van der Waals surface area (Å²) in [7, 11) is 0. The number of aromatic nitrogens is 2. The highest BCUT2D eigenvalue weighted by Crippen LogP contribution is 2.24. The zero-order valence-electron chi connectivity index (χ0n) is 14.2. The van der Waals surface area contributed by atoms with Crippen molar-refractivity contribution in [3.05, 3.63) is 75.0 Å². The second-order valence-corrected chi connectivity index (χ2v) is 7.03. The molecule has 0 aliphatic carbocycles. The number of hydrogen-bond donors (Lipinski definition) is 2. The number of thiophene rings is 1. The first-order chi connectivity index (χ1) is 13.0. The number of anilines is 1. The van der Waals surface area contributed by atoms with Gasteiger partial charge in [0.2, 0.25) is 0 Å². The normalized spacial score (nSPS) is 11.0. The summed E-state index contributed by atoms with van der Waals surface area (Å²) in [4.78, 5) is 42.2. The summed E-state index contributed by atoms with van der Waals surface area (Å²) < 4.78 is 1.47. The summed E-state index contributed by atoms with van der Waals surface area (Å²) in [5.41, 5.74) is 7.07. The molecule has 0 unspecified atom stereocenters. The van der Waals surface area contributed by atoms with Gasteiger partial charge in [-0.3, -0.25) is 18.8 Å². The van der Waals surface area contributed by atoms with Crippen LogP contribution in [0.25, 0.3) is 15.9 Å². The van der Waals surface area contributed by atoms with E-state index in [9.17, 15) is 14.4 Å². The van der Waals surface area contributed by atoms with Crippen LogP contribution in [0.1, 0.15) is 25.6 Å². The van der Waals surface area contributed by atoms with Crippen molar-refractivity contribution in [1.82, 2.24) is 9.38 Å². The van der Waals surface area contributed by atoms with Crippen LogP contribution in [-0.4, -0.2) is 21.2 Å². The molecule has 0 saturated carbocycles. The molecular formula is C19H14N4O3S. The predicted molar refractivity (Wildman–Crippen MR) is 104 cm³/mol. The maximum absolute atomic E-state index is 12.7. The van der Waals surface area contributed by atoms with E-state index >= 15 is 0 Å². The summed E-state index contributed by atoms with van der Waals surface area (Å²) in [5.74, 6) is -1.07. The molecule has 2 amide bonds. The Balaban J connectivity index is 1.79. The smallest absolute Gasteiger partial charge is 0.266 e. The number of carbonyl (C=O) groups is 2. The maximum atomic E-state index is 12.7. The molecule has 0 spiro atoms. The van der Waals surface area contributed by atoms with Crippen molar-refractivity contribution in [2.75, 3.05) is 5.32 Å². The van der Waals surface area contributed by atoms with Crippen molar-refractivity contribution in [3.8, 4) is 0 Å². The topological polar surface area (TPSA) is 107 Å². The number of carbonyl (C=O) groups excluding carboxylic acids is 2. The van der Waals surface area contributed by atoms with E-state index in [1.807, 2.05) is 13.0 Å². The number of nitrogens with two attached hydrogens (primary N) is 1. The molecule has 3 aromatic heterocycles. The minimum absolute atomic E-state index is 0.214. The lowest BCUT2D eigenvalue weighted by Gasteiger charge is -2.07. The zero-order valence-corrected chi connectivity index (χ0v) is 15.0. The minimum atomic E-state index is -0.635. The molecule has 7 nitrogen and oxygen atoms in total. The van der Waals surface area contributed by atoms with E-state index in [1.165, 1.54) is 16.5 Å². The van der Waals surface area contributed by atoms with Crippen LogP contribution in [-0.2, 0) is 0 Å². The van der Waals surface area contributed by atoms with Gasteiger partial charge in [0.05, 0.1) is 21.5 Å². The Hall–Kier alpha value is -3.52. The van der Waals surface area contributed by atoms with Gasteiger partial charge in [-0.25, -0.2) is 4.98 Å². The first kappa shape index (κ1) is 16.9. The van der Waals surface area contributed by atoms with E-state index in [0.717, 1.165) is 16.9 Å². The fraction of sp³-hybridized carbons (Fsp3) is 0.0526. The Morgan fingerprint density at radius 3 is 2.74 bits per heavy atom. The summed E-state index contributed by atoms with van der Waals surface area (Å²) >= 11 is 1.12. The van der Waals surface area contributed by atoms with Crippen molar-refractivity contribution in [2.24, 2.45) is 5.73 Å². The van der Waals surface area contributed by atoms with E-state index < -0.39 is 11.8 Å². The second kappa shape index (κ2) is 6.33. The quantitative estimate of drug-likeness (QED) is 0.571. The first-order valence-corrected chi connectivity index (χ1v) is 8.89. The Morgan fingerprint density at radius 1 is 1.19 bits per heavy atom. The zero-order chi connectivity index (χ0) is 19.1. The van der Waals surface area contributed by atoms with Gasteiger partial charge in [0.1, 0.15) is 10.5 Å². The first-order valence-electron chi connectivity index (χ1n) is 8.07. The summed E-state index contributed by atoms with van der Waals surface area (Å²) in [5, 5.41) is 3.05. The standard InChI is InChI=1S/C19H14N4O3S/c1-10-5-4-8-23-16(10)22-18-12(19(23)26)9-14(27-18)17(25)21-13-7-3-2-6-11(13)15(20)24/h2-9H,1H3,(H2,20,24)(H,21,25). The number of benzene rings is 1. The number of pyridine rings is 1. The number of para-hydroxylation sites is 1. The van der Waals surface area contributed by atoms with Crippen molar-refractivity contribution >= 4 is 44.7 Å². The average Bonchev–Trinajstić information content (AvgIpc) is 3.08. The van der Waals surface area contributed by atoms with E-state index in [4.69, 9.17) is 5.73 Å². The van der Waals surface area contributed by atoms with Gasteiger partial charge in [-0.1, -0.05) is 18.2 Å². The Labute approximate surface area is 157 Å². The third kappa shape index (κ3) is 2.85. The van der Waals surface area contributed by atoms with Crippen LogP contribution in [0.15, 0.2) is 53.5 Å². The van der Waals surface area contributed by atoms with Crippen molar-refractivity contribution in [1.29, 1.82) is 0 Å². The van der Waals surface area contributed by atoms with Crippen LogP contribution in [0.3, 0.4) is 0 Å². The highest BCUT2D eigenvalue weighted by atomic mass is 32.1. The van der Waals surface area contributed by atoms with Crippen molar-refractivity contribution < 1.29 is 9.59 Å². The number of fused-ring (bicyclic) bond motifs is 2. The molecule has 0 saturated heterocycles. The lowest BCUT2D eigenvalue weighted by Crippen LogP contribution is -2.17. The molecule has 8 heteroatoms. The fourth-order valence-corrected chi connectivity index (χ4v) is 3.78. The summed E-state index contributed by atoms with van der Waals surface area (Å²) in [6, 6.07) is 11.6. The third-order valence-corrected chi connectivity index (χ3v) is 5.22. The average molecular weight is 378 g/mol. The molecule has 3 N–H and O–H groups in total. The number of rotatable bonds is 3. The molecule has 3 heterocycles. The van der Waals surface area contributed by atoms with E-state index in [-0.39, 0.29) is 11.1 Å². The van der Waals surface area contributed by atoms with Crippen LogP contribution in [0.5, 0.6) is 0 Å². The van der Waals surface area contributed by atoms with Crippen LogP contribution < -0.4 is 16.6 Å². The lowest BCUT2D eigenvalue weighted by molar-refractivity contribution is 0.100. The number of nitrogens with zero attached hydrogens (tertiary/aromatic N) is 2. The Morgan fingerprint density at radius 2 is 1.96 bits per heavy atom. The van der Waals surface area contributed by atoms with Gasteiger partial charge < -0.3 is 11.1 Å². The lowest BCUT2D eigenvalue weighted by atomic mass is 10.1. The fourth-order valence-electron chi connectivity index (χ4n) is 2.86. The molecule has 0 atom stereocenters. The van der Waals surface area contributed by atoms with E-state index in [1.54, 1.807) is 30.5 Å². The molecule has 0 aliphatic rings. The number of primary amides is 1. The van der Waals surface area contributed by atoms with Crippen LogP contribution in [0.4, 0.5) is 5.69 Å². The molecule has 0 radical (unpaired) electrons. The van der Waals surface area contributed by atoms with Crippen LogP contribution in [0.2, 0.25) is 0 Å². The molecule has 1 aromatic carbocycles. The molecule has 4 rings (SSSR count). The number of hydrogen-bond acceptors (Lipinski definition) is 5. The van der Waals surface area contributed by atoms with Gasteiger partial charge in [0, 0.05) is 6.20 Å². The molecule has 0 fully saturated rings. The number of aryl methyl sites for hydroxylation is 1. The van der Waals surface area contributed by atoms with Gasteiger partial charge in [0.15, 0.2) is 0 Å². The molecule has 4 aromatic rings. The molecule has 0 bridgehead atoms. The highest BCUT2D eigenvalue weighted by molar-refractivity contribution is 7.20. The van der Waals surface area contributed by atoms with E-state index in [2.05, 4.69) is 10.3 Å². The Kier molecular flexibility index (Phi) is 3.97. The largest absolute Gasteiger partial charge is 0.366 e. The molecule has 134 valence electrons. The third-order valence-electron chi connectivity index (χ3n) is 4.20. The molecular weight excluding hydrogens is 364 g/mol. The van der Waals surface area contributed by atoms with Crippen LogP contribution in [0, 0.1) is 6.92 Å². The van der Waals surface area contributed by atoms with E-state index in [0.29, 0.717) is 26.4 Å². The van der Waals surface area contributed by atoms with Crippen molar-refractivity contribution in [3.63, 3.8) is 0 Å². The van der Waals surface area contributed by atoms with Gasteiger partial charge in [-0.2, -0.15) is 0 Å². The molecule has 27 heavy (non-hydrogen) atoms. The Bertz CT molecular complexity index is 1290.